The summed E-state index contributed by atoms with van der Waals surface area (Å²) in [6.07, 6.45) is -3.73. The number of fused-ring (bicyclic) bond motifs is 1. The highest BCUT2D eigenvalue weighted by Crippen LogP contribution is 2.33. The smallest absolute Gasteiger partial charge is 0.417 e. The highest BCUT2D eigenvalue weighted by atomic mass is 35.5. The van der Waals surface area contributed by atoms with E-state index in [1.807, 2.05) is 0 Å². The van der Waals surface area contributed by atoms with Gasteiger partial charge in [-0.3, -0.25) is 4.98 Å². The van der Waals surface area contributed by atoms with Gasteiger partial charge < -0.3 is 15.2 Å². The first-order chi connectivity index (χ1) is 16.2. The molecule has 11 heteroatoms. The van der Waals surface area contributed by atoms with Crippen LogP contribution in [0.25, 0.3) is 22.2 Å². The van der Waals surface area contributed by atoms with Gasteiger partial charge in [-0.15, -0.1) is 0 Å². The number of carbonyl (C=O) groups is 1. The van der Waals surface area contributed by atoms with E-state index in [0.29, 0.717) is 27.8 Å². The molecule has 0 radical (unpaired) electrons. The van der Waals surface area contributed by atoms with Crippen LogP contribution < -0.4 is 5.32 Å². The summed E-state index contributed by atoms with van der Waals surface area (Å²) in [4.78, 5) is 23.9. The number of anilines is 2. The summed E-state index contributed by atoms with van der Waals surface area (Å²) in [6, 6.07) is 11.8. The summed E-state index contributed by atoms with van der Waals surface area (Å²) >= 11 is 6.25. The molecular formula is C23H16ClF3N4O3. The number of ether oxygens (including phenoxy) is 1. The summed E-state index contributed by atoms with van der Waals surface area (Å²) in [5.41, 5.74) is 1.43. The first-order valence-electron chi connectivity index (χ1n) is 9.79. The Bertz CT molecular complexity index is 1380. The Balaban J connectivity index is 1.78. The SMILES string of the molecule is COCc1cc(Nc2ccc(C(F)(F)F)cn2)c2ccc(-c3nc(C(=O)O)ccc3Cl)cc2n1. The monoisotopic (exact) mass is 488 g/mol. The van der Waals surface area contributed by atoms with Gasteiger partial charge in [-0.2, -0.15) is 13.2 Å². The molecule has 7 nitrogen and oxygen atoms in total. The van der Waals surface area contributed by atoms with Crippen molar-refractivity contribution in [2.75, 3.05) is 12.4 Å². The van der Waals surface area contributed by atoms with Crippen molar-refractivity contribution in [3.05, 3.63) is 76.7 Å². The second kappa shape index (κ2) is 9.24. The van der Waals surface area contributed by atoms with Gasteiger partial charge in [0.2, 0.25) is 0 Å². The lowest BCUT2D eigenvalue weighted by Crippen LogP contribution is -2.06. The maximum absolute atomic E-state index is 12.8. The zero-order chi connectivity index (χ0) is 24.5. The summed E-state index contributed by atoms with van der Waals surface area (Å²) in [7, 11) is 1.51. The molecule has 0 spiro atoms. The molecule has 0 aliphatic rings. The van der Waals surface area contributed by atoms with Crippen molar-refractivity contribution in [3.8, 4) is 11.3 Å². The third-order valence-corrected chi connectivity index (χ3v) is 5.15. The van der Waals surface area contributed by atoms with Crippen LogP contribution in [-0.2, 0) is 17.5 Å². The molecule has 2 N–H and O–H groups in total. The van der Waals surface area contributed by atoms with Crippen LogP contribution in [0.5, 0.6) is 0 Å². The lowest BCUT2D eigenvalue weighted by atomic mass is 10.1. The van der Waals surface area contributed by atoms with E-state index >= 15 is 0 Å². The fourth-order valence-electron chi connectivity index (χ4n) is 3.29. The van der Waals surface area contributed by atoms with Crippen molar-refractivity contribution < 1.29 is 27.8 Å². The van der Waals surface area contributed by atoms with Gasteiger partial charge in [-0.25, -0.2) is 14.8 Å². The number of carboxylic acid groups (broad SMARTS) is 1. The molecule has 0 fully saturated rings. The average molecular weight is 489 g/mol. The van der Waals surface area contributed by atoms with Crippen LogP contribution in [0.4, 0.5) is 24.7 Å². The number of methoxy groups -OCH3 is 1. The number of pyridine rings is 3. The van der Waals surface area contributed by atoms with Gasteiger partial charge >= 0.3 is 12.1 Å². The van der Waals surface area contributed by atoms with Gasteiger partial charge in [-0.05, 0) is 36.4 Å². The van der Waals surface area contributed by atoms with E-state index in [0.717, 1.165) is 12.3 Å². The standard InChI is InChI=1S/C23H16ClF3N4O3/c1-34-11-14-9-19(30-20-7-3-13(10-28-20)23(25,26)27)15-4-2-12(8-18(15)29-14)21-16(24)5-6-17(31-21)22(32)33/h2-10H,11H2,1H3,(H,32,33)(H,28,29,30). The molecule has 3 aromatic heterocycles. The van der Waals surface area contributed by atoms with Crippen LogP contribution in [0.3, 0.4) is 0 Å². The largest absolute Gasteiger partial charge is 0.477 e. The number of halogens is 4. The number of nitrogens with zero attached hydrogens (tertiary/aromatic N) is 3. The maximum Gasteiger partial charge on any atom is 0.417 e. The molecule has 0 unspecified atom stereocenters. The van der Waals surface area contributed by atoms with E-state index in [2.05, 4.69) is 20.3 Å². The molecule has 0 aliphatic heterocycles. The summed E-state index contributed by atoms with van der Waals surface area (Å²) in [6.45, 7) is 0.183. The van der Waals surface area contributed by atoms with Gasteiger partial charge in [-0.1, -0.05) is 23.7 Å². The van der Waals surface area contributed by atoms with Gasteiger partial charge in [0, 0.05) is 24.3 Å². The highest BCUT2D eigenvalue weighted by Gasteiger charge is 2.30. The van der Waals surface area contributed by atoms with E-state index in [1.54, 1.807) is 24.3 Å². The minimum Gasteiger partial charge on any atom is -0.477 e. The molecule has 3 heterocycles. The van der Waals surface area contributed by atoms with E-state index in [1.165, 1.54) is 25.3 Å². The Morgan fingerprint density at radius 1 is 1.12 bits per heavy atom. The Morgan fingerprint density at radius 2 is 1.91 bits per heavy atom. The molecule has 4 rings (SSSR count). The predicted molar refractivity (Wildman–Crippen MR) is 120 cm³/mol. The van der Waals surface area contributed by atoms with Crippen LogP contribution in [0.2, 0.25) is 5.02 Å². The van der Waals surface area contributed by atoms with E-state index in [9.17, 15) is 23.1 Å². The quantitative estimate of drug-likeness (QED) is 0.346. The first-order valence-corrected chi connectivity index (χ1v) is 10.2. The Morgan fingerprint density at radius 3 is 2.56 bits per heavy atom. The summed E-state index contributed by atoms with van der Waals surface area (Å²) in [5, 5.41) is 13.2. The second-order valence-electron chi connectivity index (χ2n) is 7.21. The summed E-state index contributed by atoms with van der Waals surface area (Å²) < 4.78 is 43.7. The zero-order valence-electron chi connectivity index (χ0n) is 17.5. The molecule has 0 saturated carbocycles. The number of benzene rings is 1. The van der Waals surface area contributed by atoms with Gasteiger partial charge in [0.25, 0.3) is 0 Å². The molecule has 0 aliphatic carbocycles. The van der Waals surface area contributed by atoms with Crippen molar-refractivity contribution in [1.29, 1.82) is 0 Å². The van der Waals surface area contributed by atoms with Gasteiger partial charge in [0.15, 0.2) is 0 Å². The van der Waals surface area contributed by atoms with Crippen molar-refractivity contribution in [2.45, 2.75) is 12.8 Å². The summed E-state index contributed by atoms with van der Waals surface area (Å²) in [5.74, 6) is -0.971. The van der Waals surface area contributed by atoms with E-state index in [-0.39, 0.29) is 28.8 Å². The fourth-order valence-corrected chi connectivity index (χ4v) is 3.51. The van der Waals surface area contributed by atoms with Crippen molar-refractivity contribution >= 4 is 40.0 Å². The lowest BCUT2D eigenvalue weighted by Gasteiger charge is -2.13. The number of hydrogen-bond donors (Lipinski definition) is 2. The molecule has 0 bridgehead atoms. The van der Waals surface area contributed by atoms with Crippen molar-refractivity contribution in [3.63, 3.8) is 0 Å². The van der Waals surface area contributed by atoms with Crippen LogP contribution in [0.15, 0.2) is 54.7 Å². The van der Waals surface area contributed by atoms with Crippen molar-refractivity contribution in [1.82, 2.24) is 15.0 Å². The number of aromatic nitrogens is 3. The molecule has 34 heavy (non-hydrogen) atoms. The van der Waals surface area contributed by atoms with E-state index < -0.39 is 17.7 Å². The van der Waals surface area contributed by atoms with Crippen LogP contribution in [-0.4, -0.2) is 33.1 Å². The normalized spacial score (nSPS) is 11.6. The van der Waals surface area contributed by atoms with Crippen LogP contribution >= 0.6 is 11.6 Å². The first kappa shape index (κ1) is 23.4. The fraction of sp³-hybridized carbons (Fsp3) is 0.130. The number of rotatable bonds is 6. The van der Waals surface area contributed by atoms with Crippen molar-refractivity contribution in [2.24, 2.45) is 0 Å². The Kier molecular flexibility index (Phi) is 6.36. The Hall–Kier alpha value is -3.76. The second-order valence-corrected chi connectivity index (χ2v) is 7.62. The third-order valence-electron chi connectivity index (χ3n) is 4.85. The number of alkyl halides is 3. The highest BCUT2D eigenvalue weighted by molar-refractivity contribution is 6.33. The maximum atomic E-state index is 12.8. The topological polar surface area (TPSA) is 97.2 Å². The van der Waals surface area contributed by atoms with Gasteiger partial charge in [0.1, 0.15) is 11.5 Å². The minimum absolute atomic E-state index is 0.156. The van der Waals surface area contributed by atoms with Crippen LogP contribution in [0.1, 0.15) is 21.7 Å². The third kappa shape index (κ3) is 4.92. The minimum atomic E-state index is -4.48. The predicted octanol–water partition coefficient (Wildman–Crippen LogP) is 5.95. The molecular weight excluding hydrogens is 473 g/mol. The number of nitrogens with one attached hydrogen (secondary N) is 1. The Labute approximate surface area is 196 Å². The molecule has 1 aromatic carbocycles. The zero-order valence-corrected chi connectivity index (χ0v) is 18.3. The lowest BCUT2D eigenvalue weighted by molar-refractivity contribution is -0.137. The molecule has 0 amide bonds. The van der Waals surface area contributed by atoms with E-state index in [4.69, 9.17) is 16.3 Å². The molecule has 174 valence electrons. The average Bonchev–Trinajstić information content (AvgIpc) is 2.79. The molecule has 4 aromatic rings. The van der Waals surface area contributed by atoms with Gasteiger partial charge in [0.05, 0.1) is 39.8 Å². The molecule has 0 saturated heterocycles. The number of carboxylic acids is 1. The molecule has 0 atom stereocenters. The number of aromatic carboxylic acids is 1. The van der Waals surface area contributed by atoms with Crippen LogP contribution in [0, 0.1) is 0 Å². The number of hydrogen-bond acceptors (Lipinski definition) is 6.